The molecule has 1 aromatic rings. The number of carbonyl (C=O) groups is 1. The molecule has 0 aliphatic rings. The molecule has 0 aromatic heterocycles. The van der Waals surface area contributed by atoms with Crippen LogP contribution in [0.2, 0.25) is 0 Å². The van der Waals surface area contributed by atoms with Crippen LogP contribution in [0.25, 0.3) is 0 Å². The molecule has 0 spiro atoms. The van der Waals surface area contributed by atoms with E-state index < -0.39 is 5.41 Å². The van der Waals surface area contributed by atoms with Gasteiger partial charge in [0.15, 0.2) is 0 Å². The third-order valence-corrected chi connectivity index (χ3v) is 3.28. The van der Waals surface area contributed by atoms with Crippen LogP contribution < -0.4 is 5.73 Å². The van der Waals surface area contributed by atoms with Gasteiger partial charge in [-0.3, -0.25) is 4.79 Å². The molecule has 100 valence electrons. The van der Waals surface area contributed by atoms with Gasteiger partial charge in [0.2, 0.25) is 5.91 Å². The maximum Gasteiger partial charge on any atom is 0.232 e. The van der Waals surface area contributed by atoms with E-state index in [0.717, 1.165) is 5.56 Å². The van der Waals surface area contributed by atoms with Gasteiger partial charge in [-0.15, -0.1) is 0 Å². The van der Waals surface area contributed by atoms with Crippen molar-refractivity contribution in [3.63, 3.8) is 0 Å². The largest absolute Gasteiger partial charge is 0.338 e. The lowest BCUT2D eigenvalue weighted by atomic mass is 9.83. The Morgan fingerprint density at radius 2 is 1.83 bits per heavy atom. The molecule has 0 saturated heterocycles. The predicted octanol–water partition coefficient (Wildman–Crippen LogP) is 2.16. The molecule has 1 amide bonds. The van der Waals surface area contributed by atoms with E-state index in [4.69, 9.17) is 5.73 Å². The van der Waals surface area contributed by atoms with E-state index in [-0.39, 0.29) is 11.9 Å². The van der Waals surface area contributed by atoms with Crippen LogP contribution in [-0.4, -0.2) is 29.9 Å². The van der Waals surface area contributed by atoms with Crippen molar-refractivity contribution >= 4 is 5.91 Å². The van der Waals surface area contributed by atoms with E-state index in [9.17, 15) is 4.79 Å². The zero-order valence-corrected chi connectivity index (χ0v) is 11.8. The zero-order valence-electron chi connectivity index (χ0n) is 11.8. The first-order chi connectivity index (χ1) is 8.41. The van der Waals surface area contributed by atoms with Crippen LogP contribution >= 0.6 is 0 Å². The lowest BCUT2D eigenvalue weighted by Crippen LogP contribution is -2.48. The average Bonchev–Trinajstić information content (AvgIpc) is 2.35. The molecule has 0 bridgehead atoms. The van der Waals surface area contributed by atoms with Crippen molar-refractivity contribution in [2.45, 2.75) is 39.2 Å². The lowest BCUT2D eigenvalue weighted by molar-refractivity contribution is -0.137. The molecule has 0 heterocycles. The molecule has 3 heteroatoms. The minimum Gasteiger partial charge on any atom is -0.338 e. The second-order valence-corrected chi connectivity index (χ2v) is 5.37. The van der Waals surface area contributed by atoms with Crippen molar-refractivity contribution in [1.29, 1.82) is 0 Å². The highest BCUT2D eigenvalue weighted by Crippen LogP contribution is 2.26. The summed E-state index contributed by atoms with van der Waals surface area (Å²) in [5.41, 5.74) is 6.12. The van der Waals surface area contributed by atoms with Gasteiger partial charge in [0.1, 0.15) is 0 Å². The number of amides is 1. The van der Waals surface area contributed by atoms with Crippen LogP contribution in [0, 0.1) is 0 Å². The highest BCUT2D eigenvalue weighted by Gasteiger charge is 2.34. The molecule has 0 unspecified atom stereocenters. The first kappa shape index (κ1) is 14.7. The lowest BCUT2D eigenvalue weighted by Gasteiger charge is -2.34. The van der Waals surface area contributed by atoms with E-state index in [1.807, 2.05) is 62.9 Å². The molecule has 1 rings (SSSR count). The number of nitrogens with zero attached hydrogens (tertiary/aromatic N) is 1. The normalized spacial score (nSPS) is 11.7. The number of hydrogen-bond donors (Lipinski definition) is 1. The van der Waals surface area contributed by atoms with E-state index >= 15 is 0 Å². The summed E-state index contributed by atoms with van der Waals surface area (Å²) in [6.07, 6.45) is 0. The minimum absolute atomic E-state index is 0.133. The monoisotopic (exact) mass is 248 g/mol. The summed E-state index contributed by atoms with van der Waals surface area (Å²) in [6.45, 7) is 9.08. The van der Waals surface area contributed by atoms with Crippen molar-refractivity contribution < 1.29 is 4.79 Å². The van der Waals surface area contributed by atoms with Gasteiger partial charge in [0.05, 0.1) is 5.41 Å². The van der Waals surface area contributed by atoms with Crippen LogP contribution in [-0.2, 0) is 10.2 Å². The first-order valence-corrected chi connectivity index (χ1v) is 6.48. The number of rotatable bonds is 5. The summed E-state index contributed by atoms with van der Waals surface area (Å²) in [5, 5.41) is 0. The van der Waals surface area contributed by atoms with Crippen molar-refractivity contribution in [2.24, 2.45) is 5.73 Å². The predicted molar refractivity (Wildman–Crippen MR) is 75.4 cm³/mol. The summed E-state index contributed by atoms with van der Waals surface area (Å²) in [7, 11) is 0. The second-order valence-electron chi connectivity index (χ2n) is 5.37. The summed E-state index contributed by atoms with van der Waals surface area (Å²) in [5.74, 6) is 0.133. The second kappa shape index (κ2) is 6.01. The molecular formula is C15H24N2O. The van der Waals surface area contributed by atoms with Gasteiger partial charge in [-0.05, 0) is 33.3 Å². The van der Waals surface area contributed by atoms with Gasteiger partial charge in [-0.1, -0.05) is 30.3 Å². The molecule has 3 nitrogen and oxygen atoms in total. The number of benzene rings is 1. The topological polar surface area (TPSA) is 46.3 Å². The van der Waals surface area contributed by atoms with Crippen molar-refractivity contribution in [3.05, 3.63) is 35.9 Å². The van der Waals surface area contributed by atoms with E-state index in [0.29, 0.717) is 13.1 Å². The molecule has 0 radical (unpaired) electrons. The summed E-state index contributed by atoms with van der Waals surface area (Å²) < 4.78 is 0. The third-order valence-electron chi connectivity index (χ3n) is 3.28. The molecule has 0 fully saturated rings. The van der Waals surface area contributed by atoms with Gasteiger partial charge in [-0.25, -0.2) is 0 Å². The Hall–Kier alpha value is -1.35. The molecule has 0 aliphatic heterocycles. The summed E-state index contributed by atoms with van der Waals surface area (Å²) in [6, 6.07) is 10.1. The molecule has 0 aliphatic carbocycles. The highest BCUT2D eigenvalue weighted by molar-refractivity contribution is 5.87. The van der Waals surface area contributed by atoms with Crippen LogP contribution in [0.15, 0.2) is 30.3 Å². The molecular weight excluding hydrogens is 224 g/mol. The van der Waals surface area contributed by atoms with Gasteiger partial charge in [0, 0.05) is 19.1 Å². The molecule has 18 heavy (non-hydrogen) atoms. The van der Waals surface area contributed by atoms with Gasteiger partial charge < -0.3 is 10.6 Å². The van der Waals surface area contributed by atoms with Crippen molar-refractivity contribution in [2.75, 3.05) is 13.1 Å². The maximum absolute atomic E-state index is 12.7. The van der Waals surface area contributed by atoms with Crippen LogP contribution in [0.4, 0.5) is 0 Å². The molecule has 2 N–H and O–H groups in total. The van der Waals surface area contributed by atoms with E-state index in [1.54, 1.807) is 0 Å². The molecule has 1 aromatic carbocycles. The van der Waals surface area contributed by atoms with Gasteiger partial charge in [0.25, 0.3) is 0 Å². The minimum atomic E-state index is -0.513. The van der Waals surface area contributed by atoms with E-state index in [1.165, 1.54) is 0 Å². The Balaban J connectivity index is 3.00. The van der Waals surface area contributed by atoms with Crippen molar-refractivity contribution in [3.8, 4) is 0 Å². The fraction of sp³-hybridized carbons (Fsp3) is 0.533. The Labute approximate surface area is 110 Å². The smallest absolute Gasteiger partial charge is 0.232 e. The number of hydrogen-bond acceptors (Lipinski definition) is 2. The standard InChI is InChI=1S/C15H24N2O/c1-12(2)17(11-10-16)14(18)15(3,4)13-8-6-5-7-9-13/h5-9,12H,10-11,16H2,1-4H3. The van der Waals surface area contributed by atoms with Crippen LogP contribution in [0.5, 0.6) is 0 Å². The number of carbonyl (C=O) groups excluding carboxylic acids is 1. The first-order valence-electron chi connectivity index (χ1n) is 6.48. The summed E-state index contributed by atoms with van der Waals surface area (Å²) >= 11 is 0. The molecule has 0 saturated carbocycles. The SMILES string of the molecule is CC(C)N(CCN)C(=O)C(C)(C)c1ccccc1. The van der Waals surface area contributed by atoms with Gasteiger partial charge >= 0.3 is 0 Å². The fourth-order valence-corrected chi connectivity index (χ4v) is 2.07. The average molecular weight is 248 g/mol. The van der Waals surface area contributed by atoms with Crippen LogP contribution in [0.1, 0.15) is 33.3 Å². The Morgan fingerprint density at radius 1 is 1.28 bits per heavy atom. The molecule has 0 atom stereocenters. The van der Waals surface area contributed by atoms with Crippen molar-refractivity contribution in [1.82, 2.24) is 4.90 Å². The Bertz CT molecular complexity index is 385. The zero-order chi connectivity index (χ0) is 13.8. The Morgan fingerprint density at radius 3 is 2.28 bits per heavy atom. The third kappa shape index (κ3) is 3.10. The summed E-state index contributed by atoms with van der Waals surface area (Å²) in [4.78, 5) is 14.5. The number of nitrogens with two attached hydrogens (primary N) is 1. The van der Waals surface area contributed by atoms with Crippen LogP contribution in [0.3, 0.4) is 0 Å². The maximum atomic E-state index is 12.7. The Kier molecular flexibility index (Phi) is 4.91. The van der Waals surface area contributed by atoms with E-state index in [2.05, 4.69) is 0 Å². The highest BCUT2D eigenvalue weighted by atomic mass is 16.2. The fourth-order valence-electron chi connectivity index (χ4n) is 2.07. The van der Waals surface area contributed by atoms with Gasteiger partial charge in [-0.2, -0.15) is 0 Å². The quantitative estimate of drug-likeness (QED) is 0.868.